The van der Waals surface area contributed by atoms with Gasteiger partial charge in [0.25, 0.3) is 0 Å². The zero-order valence-electron chi connectivity index (χ0n) is 11.1. The molecule has 0 saturated carbocycles. The first-order valence-corrected chi connectivity index (χ1v) is 6.56. The number of para-hydroxylation sites is 1. The third kappa shape index (κ3) is 3.46. The molecule has 1 N–H and O–H groups in total. The third-order valence-electron chi connectivity index (χ3n) is 2.99. The molecule has 2 aromatic rings. The van der Waals surface area contributed by atoms with Crippen molar-refractivity contribution in [2.45, 2.75) is 19.5 Å². The summed E-state index contributed by atoms with van der Waals surface area (Å²) >= 11 is 6.13. The molecule has 1 aromatic heterocycles. The van der Waals surface area contributed by atoms with E-state index in [1.54, 1.807) is 13.3 Å². The van der Waals surface area contributed by atoms with Crippen molar-refractivity contribution < 1.29 is 4.74 Å². The molecule has 0 saturated heterocycles. The van der Waals surface area contributed by atoms with Crippen molar-refractivity contribution in [2.75, 3.05) is 7.11 Å². The highest BCUT2D eigenvalue weighted by Gasteiger charge is 2.11. The molecule has 0 spiro atoms. The number of ether oxygens (including phenoxy) is 1. The van der Waals surface area contributed by atoms with Gasteiger partial charge in [0.1, 0.15) is 5.75 Å². The van der Waals surface area contributed by atoms with Crippen molar-refractivity contribution in [2.24, 2.45) is 0 Å². The summed E-state index contributed by atoms with van der Waals surface area (Å²) in [4.78, 5) is 4.31. The van der Waals surface area contributed by atoms with Gasteiger partial charge in [-0.15, -0.1) is 0 Å². The first kappa shape index (κ1) is 13.8. The number of hydrogen-bond donors (Lipinski definition) is 1. The summed E-state index contributed by atoms with van der Waals surface area (Å²) in [6.07, 6.45) is 1.75. The molecule has 1 unspecified atom stereocenters. The van der Waals surface area contributed by atoms with E-state index in [9.17, 15) is 0 Å². The quantitative estimate of drug-likeness (QED) is 0.906. The first-order chi connectivity index (χ1) is 9.22. The number of hydrogen-bond acceptors (Lipinski definition) is 3. The SMILES string of the molecule is COc1ccccc1CNC(C)c1ncccc1Cl. The number of pyridine rings is 1. The van der Waals surface area contributed by atoms with Gasteiger partial charge in [0.15, 0.2) is 0 Å². The van der Waals surface area contributed by atoms with Crippen molar-refractivity contribution >= 4 is 11.6 Å². The number of benzene rings is 1. The Balaban J connectivity index is 2.04. The second-order valence-corrected chi connectivity index (χ2v) is 4.69. The Morgan fingerprint density at radius 3 is 2.79 bits per heavy atom. The van der Waals surface area contributed by atoms with Crippen molar-refractivity contribution in [3.8, 4) is 5.75 Å². The normalized spacial score (nSPS) is 12.2. The number of aromatic nitrogens is 1. The number of nitrogens with one attached hydrogen (secondary N) is 1. The Morgan fingerprint density at radius 2 is 2.05 bits per heavy atom. The average molecular weight is 277 g/mol. The maximum absolute atomic E-state index is 6.13. The molecule has 1 aromatic carbocycles. The molecule has 19 heavy (non-hydrogen) atoms. The minimum absolute atomic E-state index is 0.0820. The maximum Gasteiger partial charge on any atom is 0.123 e. The largest absolute Gasteiger partial charge is 0.496 e. The summed E-state index contributed by atoms with van der Waals surface area (Å²) in [7, 11) is 1.68. The van der Waals surface area contributed by atoms with Crippen LogP contribution < -0.4 is 10.1 Å². The lowest BCUT2D eigenvalue weighted by molar-refractivity contribution is 0.406. The molecule has 0 aliphatic rings. The Morgan fingerprint density at radius 1 is 1.26 bits per heavy atom. The van der Waals surface area contributed by atoms with Crippen LogP contribution in [0.3, 0.4) is 0 Å². The van der Waals surface area contributed by atoms with Crippen LogP contribution in [0.2, 0.25) is 5.02 Å². The van der Waals surface area contributed by atoms with E-state index >= 15 is 0 Å². The molecule has 0 fully saturated rings. The van der Waals surface area contributed by atoms with E-state index in [0.717, 1.165) is 17.0 Å². The van der Waals surface area contributed by atoms with E-state index < -0.39 is 0 Å². The van der Waals surface area contributed by atoms with Crippen molar-refractivity contribution in [1.29, 1.82) is 0 Å². The zero-order chi connectivity index (χ0) is 13.7. The molecular formula is C15H17ClN2O. The topological polar surface area (TPSA) is 34.1 Å². The van der Waals surface area contributed by atoms with Crippen LogP contribution in [-0.2, 0) is 6.54 Å². The van der Waals surface area contributed by atoms with E-state index in [1.807, 2.05) is 43.3 Å². The summed E-state index contributed by atoms with van der Waals surface area (Å²) in [5.74, 6) is 0.884. The van der Waals surface area contributed by atoms with Gasteiger partial charge in [-0.1, -0.05) is 29.8 Å². The summed E-state index contributed by atoms with van der Waals surface area (Å²) in [6, 6.07) is 11.7. The number of nitrogens with zero attached hydrogens (tertiary/aromatic N) is 1. The van der Waals surface area contributed by atoms with Crippen molar-refractivity contribution in [3.63, 3.8) is 0 Å². The second-order valence-electron chi connectivity index (χ2n) is 4.28. The molecule has 4 heteroatoms. The highest BCUT2D eigenvalue weighted by Crippen LogP contribution is 2.22. The van der Waals surface area contributed by atoms with E-state index in [1.165, 1.54) is 0 Å². The Bertz CT molecular complexity index is 545. The second kappa shape index (κ2) is 6.55. The molecule has 2 rings (SSSR count). The van der Waals surface area contributed by atoms with Gasteiger partial charge in [-0.2, -0.15) is 0 Å². The van der Waals surface area contributed by atoms with Gasteiger partial charge in [0.2, 0.25) is 0 Å². The predicted octanol–water partition coefficient (Wildman–Crippen LogP) is 3.59. The molecule has 3 nitrogen and oxygen atoms in total. The van der Waals surface area contributed by atoms with Crippen LogP contribution in [0.25, 0.3) is 0 Å². The van der Waals surface area contributed by atoms with E-state index in [-0.39, 0.29) is 6.04 Å². The van der Waals surface area contributed by atoms with Gasteiger partial charge in [0.05, 0.1) is 17.8 Å². The standard InChI is InChI=1S/C15H17ClN2O/c1-11(15-13(16)7-5-9-17-15)18-10-12-6-3-4-8-14(12)19-2/h3-9,11,18H,10H2,1-2H3. The first-order valence-electron chi connectivity index (χ1n) is 6.18. The molecule has 0 aliphatic carbocycles. The lowest BCUT2D eigenvalue weighted by Gasteiger charge is -2.15. The van der Waals surface area contributed by atoms with E-state index in [4.69, 9.17) is 16.3 Å². The number of rotatable bonds is 5. The van der Waals surface area contributed by atoms with Gasteiger partial charge >= 0.3 is 0 Å². The van der Waals surface area contributed by atoms with Gasteiger partial charge in [0, 0.05) is 24.3 Å². The molecule has 1 atom stereocenters. The van der Waals surface area contributed by atoms with Crippen molar-refractivity contribution in [1.82, 2.24) is 10.3 Å². The minimum Gasteiger partial charge on any atom is -0.496 e. The number of methoxy groups -OCH3 is 1. The van der Waals surface area contributed by atoms with Crippen LogP contribution in [0.4, 0.5) is 0 Å². The van der Waals surface area contributed by atoms with Crippen LogP contribution in [-0.4, -0.2) is 12.1 Å². The lowest BCUT2D eigenvalue weighted by atomic mass is 10.1. The molecular weight excluding hydrogens is 260 g/mol. The Hall–Kier alpha value is -1.58. The average Bonchev–Trinajstić information content (AvgIpc) is 2.45. The van der Waals surface area contributed by atoms with Crippen LogP contribution in [0.15, 0.2) is 42.6 Å². The maximum atomic E-state index is 6.13. The Kier molecular flexibility index (Phi) is 4.77. The monoisotopic (exact) mass is 276 g/mol. The van der Waals surface area contributed by atoms with Crippen LogP contribution in [0.5, 0.6) is 5.75 Å². The summed E-state index contributed by atoms with van der Waals surface area (Å²) < 4.78 is 5.33. The highest BCUT2D eigenvalue weighted by atomic mass is 35.5. The van der Waals surface area contributed by atoms with Crippen LogP contribution in [0.1, 0.15) is 24.2 Å². The van der Waals surface area contributed by atoms with Crippen LogP contribution in [0, 0.1) is 0 Å². The molecule has 0 amide bonds. The predicted molar refractivity (Wildman–Crippen MR) is 77.5 cm³/mol. The summed E-state index contributed by atoms with van der Waals surface area (Å²) in [6.45, 7) is 2.75. The van der Waals surface area contributed by atoms with E-state index in [2.05, 4.69) is 10.3 Å². The third-order valence-corrected chi connectivity index (χ3v) is 3.31. The molecule has 0 aliphatic heterocycles. The number of halogens is 1. The minimum atomic E-state index is 0.0820. The van der Waals surface area contributed by atoms with Crippen LogP contribution >= 0.6 is 11.6 Å². The fourth-order valence-corrected chi connectivity index (χ4v) is 2.21. The lowest BCUT2D eigenvalue weighted by Crippen LogP contribution is -2.19. The summed E-state index contributed by atoms with van der Waals surface area (Å²) in [5.41, 5.74) is 1.97. The molecule has 0 radical (unpaired) electrons. The van der Waals surface area contributed by atoms with Gasteiger partial charge < -0.3 is 10.1 Å². The molecule has 100 valence electrons. The zero-order valence-corrected chi connectivity index (χ0v) is 11.8. The van der Waals surface area contributed by atoms with Gasteiger partial charge in [-0.05, 0) is 25.1 Å². The highest BCUT2D eigenvalue weighted by molar-refractivity contribution is 6.31. The fraction of sp³-hybridized carbons (Fsp3) is 0.267. The smallest absolute Gasteiger partial charge is 0.123 e. The van der Waals surface area contributed by atoms with Gasteiger partial charge in [-0.25, -0.2) is 0 Å². The van der Waals surface area contributed by atoms with Gasteiger partial charge in [-0.3, -0.25) is 4.98 Å². The molecule has 0 bridgehead atoms. The van der Waals surface area contributed by atoms with E-state index in [0.29, 0.717) is 11.6 Å². The fourth-order valence-electron chi connectivity index (χ4n) is 1.93. The summed E-state index contributed by atoms with van der Waals surface area (Å²) in [5, 5.41) is 4.09. The van der Waals surface area contributed by atoms with Crippen molar-refractivity contribution in [3.05, 3.63) is 58.9 Å². The molecule has 1 heterocycles. The Labute approximate surface area is 118 Å².